The van der Waals surface area contributed by atoms with E-state index < -0.39 is 11.7 Å². The Morgan fingerprint density at radius 2 is 1.76 bits per heavy atom. The van der Waals surface area contributed by atoms with Crippen molar-refractivity contribution in [3.05, 3.63) is 29.8 Å². The molecule has 0 saturated carbocycles. The molecule has 1 aromatic rings. The van der Waals surface area contributed by atoms with Crippen LogP contribution in [0.1, 0.15) is 18.9 Å². The van der Waals surface area contributed by atoms with Crippen LogP contribution in [0, 0.1) is 0 Å². The second-order valence-electron chi connectivity index (χ2n) is 4.23. The molecule has 2 N–H and O–H groups in total. The lowest BCUT2D eigenvalue weighted by atomic mass is 10.2. The summed E-state index contributed by atoms with van der Waals surface area (Å²) in [6.07, 6.45) is -3.47. The largest absolute Gasteiger partial charge is 0.416 e. The average molecular weight is 246 g/mol. The van der Waals surface area contributed by atoms with E-state index >= 15 is 0 Å². The van der Waals surface area contributed by atoms with Gasteiger partial charge in [0.2, 0.25) is 0 Å². The van der Waals surface area contributed by atoms with Crippen molar-refractivity contribution in [3.63, 3.8) is 0 Å². The fourth-order valence-corrected chi connectivity index (χ4v) is 1.43. The number of nitrogens with two attached hydrogens (primary N) is 1. The minimum atomic E-state index is -4.27. The van der Waals surface area contributed by atoms with Crippen molar-refractivity contribution in [2.24, 2.45) is 5.73 Å². The van der Waals surface area contributed by atoms with Gasteiger partial charge >= 0.3 is 6.18 Å². The fraction of sp³-hybridized carbons (Fsp3) is 0.500. The molecule has 0 bridgehead atoms. The monoisotopic (exact) mass is 246 g/mol. The number of alkyl halides is 3. The van der Waals surface area contributed by atoms with E-state index in [0.717, 1.165) is 30.8 Å². The van der Waals surface area contributed by atoms with E-state index in [2.05, 4.69) is 0 Å². The Morgan fingerprint density at radius 1 is 1.24 bits per heavy atom. The van der Waals surface area contributed by atoms with Crippen molar-refractivity contribution in [1.29, 1.82) is 0 Å². The van der Waals surface area contributed by atoms with Gasteiger partial charge in [0.1, 0.15) is 0 Å². The van der Waals surface area contributed by atoms with E-state index in [1.165, 1.54) is 12.1 Å². The highest BCUT2D eigenvalue weighted by molar-refractivity contribution is 5.47. The van der Waals surface area contributed by atoms with Gasteiger partial charge in [0.15, 0.2) is 0 Å². The fourth-order valence-electron chi connectivity index (χ4n) is 1.43. The summed E-state index contributed by atoms with van der Waals surface area (Å²) in [6.45, 7) is 2.63. The summed E-state index contributed by atoms with van der Waals surface area (Å²) in [5.74, 6) is 0. The van der Waals surface area contributed by atoms with Crippen LogP contribution >= 0.6 is 0 Å². The molecule has 0 aliphatic heterocycles. The minimum absolute atomic E-state index is 0.0897. The molecule has 0 radical (unpaired) electrons. The van der Waals surface area contributed by atoms with Gasteiger partial charge in [-0.25, -0.2) is 0 Å². The van der Waals surface area contributed by atoms with E-state index in [1.807, 2.05) is 18.9 Å². The van der Waals surface area contributed by atoms with Crippen LogP contribution in [-0.2, 0) is 6.18 Å². The summed E-state index contributed by atoms with van der Waals surface area (Å²) in [6, 6.07) is 5.23. The quantitative estimate of drug-likeness (QED) is 0.885. The van der Waals surface area contributed by atoms with Gasteiger partial charge in [-0.15, -0.1) is 0 Å². The van der Waals surface area contributed by atoms with Crippen LogP contribution in [0.2, 0.25) is 0 Å². The molecule has 5 heteroatoms. The van der Waals surface area contributed by atoms with Crippen molar-refractivity contribution in [1.82, 2.24) is 0 Å². The molecule has 1 rings (SSSR count). The third-order valence-corrected chi connectivity index (χ3v) is 2.56. The maximum absolute atomic E-state index is 12.3. The zero-order chi connectivity index (χ0) is 13.1. The Hall–Kier alpha value is -1.23. The summed E-state index contributed by atoms with van der Waals surface area (Å²) in [7, 11) is 1.84. The van der Waals surface area contributed by atoms with E-state index in [-0.39, 0.29) is 6.04 Å². The average Bonchev–Trinajstić information content (AvgIpc) is 2.25. The van der Waals surface area contributed by atoms with Gasteiger partial charge in [-0.1, -0.05) is 0 Å². The van der Waals surface area contributed by atoms with Crippen LogP contribution in [-0.4, -0.2) is 19.6 Å². The number of hydrogen-bond acceptors (Lipinski definition) is 2. The molecule has 96 valence electrons. The third kappa shape index (κ3) is 4.26. The molecule has 0 saturated heterocycles. The number of nitrogens with zero attached hydrogens (tertiary/aromatic N) is 1. The standard InChI is InChI=1S/C12H17F3N2/c1-9(16)7-8-17(2)11-5-3-10(4-6-11)12(13,14)15/h3-6,9H,7-8,16H2,1-2H3. The third-order valence-electron chi connectivity index (χ3n) is 2.56. The number of rotatable bonds is 4. The molecule has 2 nitrogen and oxygen atoms in total. The Kier molecular flexibility index (Phi) is 4.40. The molecule has 1 aromatic carbocycles. The molecule has 0 fully saturated rings. The SMILES string of the molecule is CC(N)CCN(C)c1ccc(C(F)(F)F)cc1. The van der Waals surface area contributed by atoms with E-state index in [1.54, 1.807) is 0 Å². The lowest BCUT2D eigenvalue weighted by molar-refractivity contribution is -0.137. The summed E-state index contributed by atoms with van der Waals surface area (Å²) >= 11 is 0. The molecular weight excluding hydrogens is 229 g/mol. The van der Waals surface area contributed by atoms with Crippen molar-refractivity contribution in [2.45, 2.75) is 25.6 Å². The van der Waals surface area contributed by atoms with Crippen molar-refractivity contribution >= 4 is 5.69 Å². The lowest BCUT2D eigenvalue weighted by Gasteiger charge is -2.20. The van der Waals surface area contributed by atoms with E-state index in [0.29, 0.717) is 0 Å². The number of anilines is 1. The molecule has 0 amide bonds. The Labute approximate surface area is 99.2 Å². The molecule has 1 atom stereocenters. The number of benzene rings is 1. The number of hydrogen-bond donors (Lipinski definition) is 1. The maximum Gasteiger partial charge on any atom is 0.416 e. The predicted molar refractivity (Wildman–Crippen MR) is 63.0 cm³/mol. The second-order valence-corrected chi connectivity index (χ2v) is 4.23. The van der Waals surface area contributed by atoms with Gasteiger partial charge in [-0.05, 0) is 37.6 Å². The van der Waals surface area contributed by atoms with E-state index in [9.17, 15) is 13.2 Å². The maximum atomic E-state index is 12.3. The Morgan fingerprint density at radius 3 is 2.18 bits per heavy atom. The number of halogens is 3. The first kappa shape index (κ1) is 13.8. The highest BCUT2D eigenvalue weighted by Gasteiger charge is 2.30. The lowest BCUT2D eigenvalue weighted by Crippen LogP contribution is -2.25. The summed E-state index contributed by atoms with van der Waals surface area (Å²) in [5, 5.41) is 0. The minimum Gasteiger partial charge on any atom is -0.375 e. The molecule has 0 spiro atoms. The summed E-state index contributed by atoms with van der Waals surface area (Å²) < 4.78 is 37.0. The van der Waals surface area contributed by atoms with Crippen LogP contribution in [0.3, 0.4) is 0 Å². The highest BCUT2D eigenvalue weighted by Crippen LogP contribution is 2.30. The molecule has 0 aliphatic rings. The molecule has 0 aliphatic carbocycles. The van der Waals surface area contributed by atoms with Crippen LogP contribution in [0.15, 0.2) is 24.3 Å². The van der Waals surface area contributed by atoms with Crippen LogP contribution in [0.25, 0.3) is 0 Å². The Bertz CT molecular complexity index is 344. The molecule has 0 heterocycles. The van der Waals surface area contributed by atoms with Crippen LogP contribution < -0.4 is 10.6 Å². The normalized spacial score (nSPS) is 13.5. The topological polar surface area (TPSA) is 29.3 Å². The van der Waals surface area contributed by atoms with Crippen LogP contribution in [0.4, 0.5) is 18.9 Å². The first-order chi connectivity index (χ1) is 7.80. The predicted octanol–water partition coefficient (Wildman–Crippen LogP) is 2.88. The van der Waals surface area contributed by atoms with Gasteiger partial charge in [-0.3, -0.25) is 0 Å². The van der Waals surface area contributed by atoms with Gasteiger partial charge < -0.3 is 10.6 Å². The smallest absolute Gasteiger partial charge is 0.375 e. The van der Waals surface area contributed by atoms with Crippen molar-refractivity contribution < 1.29 is 13.2 Å². The van der Waals surface area contributed by atoms with Gasteiger partial charge in [0.05, 0.1) is 5.56 Å². The summed E-state index contributed by atoms with van der Waals surface area (Å²) in [5.41, 5.74) is 5.76. The van der Waals surface area contributed by atoms with Gasteiger partial charge in [0.25, 0.3) is 0 Å². The van der Waals surface area contributed by atoms with Crippen molar-refractivity contribution in [2.75, 3.05) is 18.5 Å². The van der Waals surface area contributed by atoms with E-state index in [4.69, 9.17) is 5.73 Å². The first-order valence-corrected chi connectivity index (χ1v) is 5.44. The Balaban J connectivity index is 2.67. The zero-order valence-corrected chi connectivity index (χ0v) is 9.96. The first-order valence-electron chi connectivity index (χ1n) is 5.44. The molecule has 1 unspecified atom stereocenters. The van der Waals surface area contributed by atoms with Crippen molar-refractivity contribution in [3.8, 4) is 0 Å². The molecular formula is C12H17F3N2. The highest BCUT2D eigenvalue weighted by atomic mass is 19.4. The zero-order valence-electron chi connectivity index (χ0n) is 9.96. The second kappa shape index (κ2) is 5.40. The molecule has 17 heavy (non-hydrogen) atoms. The van der Waals surface area contributed by atoms with Gasteiger partial charge in [0, 0.05) is 25.3 Å². The van der Waals surface area contributed by atoms with Gasteiger partial charge in [-0.2, -0.15) is 13.2 Å². The summed E-state index contributed by atoms with van der Waals surface area (Å²) in [4.78, 5) is 1.89. The van der Waals surface area contributed by atoms with Crippen LogP contribution in [0.5, 0.6) is 0 Å². The molecule has 0 aromatic heterocycles.